The molecule has 1 saturated heterocycles. The molecule has 5 nitrogen and oxygen atoms in total. The van der Waals surface area contributed by atoms with Gasteiger partial charge in [-0.2, -0.15) is 0 Å². The van der Waals surface area contributed by atoms with E-state index in [1.54, 1.807) is 6.92 Å². The third-order valence-corrected chi connectivity index (χ3v) is 5.52. The molecule has 2 rings (SSSR count). The van der Waals surface area contributed by atoms with Crippen molar-refractivity contribution in [3.63, 3.8) is 0 Å². The number of anilines is 2. The second kappa shape index (κ2) is 5.85. The number of rotatable bonds is 3. The van der Waals surface area contributed by atoms with Gasteiger partial charge >= 0.3 is 0 Å². The number of sulfonamides is 1. The van der Waals surface area contributed by atoms with Crippen molar-refractivity contribution in [3.8, 4) is 0 Å². The van der Waals surface area contributed by atoms with E-state index in [0.717, 1.165) is 37.5 Å². The van der Waals surface area contributed by atoms with E-state index < -0.39 is 10.0 Å². The maximum absolute atomic E-state index is 11.7. The molecule has 4 N–H and O–H groups in total. The molecule has 21 heavy (non-hydrogen) atoms. The molecule has 0 aromatic heterocycles. The summed E-state index contributed by atoms with van der Waals surface area (Å²) in [5, 5.41) is 5.28. The first-order valence-corrected chi connectivity index (χ1v) is 8.92. The Hall–Kier alpha value is -1.27. The van der Waals surface area contributed by atoms with Crippen LogP contribution in [0, 0.1) is 18.8 Å². The van der Waals surface area contributed by atoms with Gasteiger partial charge in [0.1, 0.15) is 0 Å². The summed E-state index contributed by atoms with van der Waals surface area (Å²) in [7, 11) is -3.75. The van der Waals surface area contributed by atoms with Gasteiger partial charge in [0.15, 0.2) is 0 Å². The van der Waals surface area contributed by atoms with Gasteiger partial charge < -0.3 is 10.6 Å². The Labute approximate surface area is 127 Å². The normalized spacial score (nSPS) is 17.5. The molecule has 6 heteroatoms. The lowest BCUT2D eigenvalue weighted by atomic mass is 9.86. The minimum atomic E-state index is -3.75. The summed E-state index contributed by atoms with van der Waals surface area (Å²) in [6.45, 7) is 8.16. The average Bonchev–Trinajstić information content (AvgIpc) is 2.40. The van der Waals surface area contributed by atoms with Crippen molar-refractivity contribution in [3.05, 3.63) is 17.7 Å². The molecule has 1 fully saturated rings. The van der Waals surface area contributed by atoms with Crippen molar-refractivity contribution in [2.45, 2.75) is 38.5 Å². The highest BCUT2D eigenvalue weighted by Crippen LogP contribution is 2.33. The fourth-order valence-electron chi connectivity index (χ4n) is 3.12. The predicted molar refractivity (Wildman–Crippen MR) is 86.7 cm³/mol. The number of hydrogen-bond donors (Lipinski definition) is 2. The van der Waals surface area contributed by atoms with E-state index in [0.29, 0.717) is 17.2 Å². The van der Waals surface area contributed by atoms with Crippen LogP contribution in [0.3, 0.4) is 0 Å². The van der Waals surface area contributed by atoms with E-state index in [-0.39, 0.29) is 4.90 Å². The minimum absolute atomic E-state index is 0.128. The van der Waals surface area contributed by atoms with Crippen LogP contribution in [-0.2, 0) is 10.0 Å². The maximum atomic E-state index is 11.7. The zero-order valence-electron chi connectivity index (χ0n) is 13.0. The molecule has 0 spiro atoms. The molecule has 0 atom stereocenters. The second-order valence-corrected chi connectivity index (χ2v) is 7.81. The molecular formula is C15H25N3O2S. The summed E-state index contributed by atoms with van der Waals surface area (Å²) in [4.78, 5) is 2.35. The fourth-order valence-corrected chi connectivity index (χ4v) is 3.96. The zero-order chi connectivity index (χ0) is 15.8. The standard InChI is InChI=1S/C15H25N3O2S/c1-10(2)12-4-6-18(7-5-12)14-8-13(16)9-15(11(14)3)21(17,19)20/h8-10,12H,4-7,16H2,1-3H3,(H2,17,19,20). The highest BCUT2D eigenvalue weighted by atomic mass is 32.2. The van der Waals surface area contributed by atoms with Crippen LogP contribution in [0.5, 0.6) is 0 Å². The molecule has 0 bridgehead atoms. The quantitative estimate of drug-likeness (QED) is 0.837. The van der Waals surface area contributed by atoms with Crippen LogP contribution < -0.4 is 15.8 Å². The molecule has 1 aliphatic rings. The van der Waals surface area contributed by atoms with Crippen LogP contribution in [0.15, 0.2) is 17.0 Å². The van der Waals surface area contributed by atoms with Gasteiger partial charge in [-0.05, 0) is 49.3 Å². The number of piperidine rings is 1. The highest BCUT2D eigenvalue weighted by Gasteiger charge is 2.24. The summed E-state index contributed by atoms with van der Waals surface area (Å²) < 4.78 is 23.4. The van der Waals surface area contributed by atoms with Gasteiger partial charge in [-0.15, -0.1) is 0 Å². The number of nitrogens with two attached hydrogens (primary N) is 2. The van der Waals surface area contributed by atoms with Gasteiger partial charge in [-0.3, -0.25) is 0 Å². The smallest absolute Gasteiger partial charge is 0.238 e. The molecule has 0 unspecified atom stereocenters. The number of nitrogens with zero attached hydrogens (tertiary/aromatic N) is 1. The van der Waals surface area contributed by atoms with Crippen LogP contribution in [0.1, 0.15) is 32.3 Å². The third kappa shape index (κ3) is 3.49. The number of nitrogen functional groups attached to an aromatic ring is 1. The van der Waals surface area contributed by atoms with Gasteiger partial charge in [0.2, 0.25) is 10.0 Å². The summed E-state index contributed by atoms with van der Waals surface area (Å²) in [6.07, 6.45) is 2.24. The summed E-state index contributed by atoms with van der Waals surface area (Å²) >= 11 is 0. The molecular weight excluding hydrogens is 286 g/mol. The monoisotopic (exact) mass is 311 g/mol. The Balaban J connectivity index is 2.32. The molecule has 118 valence electrons. The van der Waals surface area contributed by atoms with E-state index >= 15 is 0 Å². The molecule has 1 aliphatic heterocycles. The third-order valence-electron chi connectivity index (χ3n) is 4.48. The first-order valence-electron chi connectivity index (χ1n) is 7.38. The van der Waals surface area contributed by atoms with Gasteiger partial charge in [0, 0.05) is 24.5 Å². The Morgan fingerprint density at radius 2 is 1.81 bits per heavy atom. The molecule has 1 aromatic rings. The second-order valence-electron chi connectivity index (χ2n) is 6.28. The molecule has 0 radical (unpaired) electrons. The summed E-state index contributed by atoms with van der Waals surface area (Å²) in [5.41, 5.74) is 7.88. The van der Waals surface area contributed by atoms with Crippen LogP contribution in [0.2, 0.25) is 0 Å². The maximum Gasteiger partial charge on any atom is 0.238 e. The number of hydrogen-bond acceptors (Lipinski definition) is 4. The predicted octanol–water partition coefficient (Wildman–Crippen LogP) is 2.10. The van der Waals surface area contributed by atoms with E-state index in [4.69, 9.17) is 10.9 Å². The molecule has 1 heterocycles. The van der Waals surface area contributed by atoms with E-state index in [9.17, 15) is 8.42 Å². The van der Waals surface area contributed by atoms with Crippen LogP contribution >= 0.6 is 0 Å². The molecule has 0 amide bonds. The van der Waals surface area contributed by atoms with Crippen molar-refractivity contribution in [1.29, 1.82) is 0 Å². The van der Waals surface area contributed by atoms with Crippen molar-refractivity contribution in [1.82, 2.24) is 0 Å². The zero-order valence-corrected chi connectivity index (χ0v) is 13.8. The van der Waals surface area contributed by atoms with E-state index in [2.05, 4.69) is 18.7 Å². The lowest BCUT2D eigenvalue weighted by Crippen LogP contribution is -2.36. The molecule has 1 aromatic carbocycles. The Morgan fingerprint density at radius 3 is 2.29 bits per heavy atom. The van der Waals surface area contributed by atoms with Crippen LogP contribution in [0.4, 0.5) is 11.4 Å². The van der Waals surface area contributed by atoms with Gasteiger partial charge in [0.05, 0.1) is 4.90 Å². The highest BCUT2D eigenvalue weighted by molar-refractivity contribution is 7.89. The number of benzene rings is 1. The van der Waals surface area contributed by atoms with E-state index in [1.165, 1.54) is 6.07 Å². The molecule has 0 aliphatic carbocycles. The van der Waals surface area contributed by atoms with Crippen molar-refractivity contribution >= 4 is 21.4 Å². The summed E-state index contributed by atoms with van der Waals surface area (Å²) in [6, 6.07) is 3.29. The first-order chi connectivity index (χ1) is 9.70. The van der Waals surface area contributed by atoms with Crippen molar-refractivity contribution in [2.24, 2.45) is 17.0 Å². The topological polar surface area (TPSA) is 89.4 Å². The first kappa shape index (κ1) is 16.1. The minimum Gasteiger partial charge on any atom is -0.399 e. The largest absolute Gasteiger partial charge is 0.399 e. The fraction of sp³-hybridized carbons (Fsp3) is 0.600. The van der Waals surface area contributed by atoms with Gasteiger partial charge in [-0.25, -0.2) is 13.6 Å². The van der Waals surface area contributed by atoms with Crippen molar-refractivity contribution < 1.29 is 8.42 Å². The van der Waals surface area contributed by atoms with E-state index in [1.807, 2.05) is 6.07 Å². The van der Waals surface area contributed by atoms with Crippen LogP contribution in [0.25, 0.3) is 0 Å². The summed E-state index contributed by atoms with van der Waals surface area (Å²) in [5.74, 6) is 1.43. The Bertz CT molecular complexity index is 618. The number of primary sulfonamides is 1. The van der Waals surface area contributed by atoms with Crippen molar-refractivity contribution in [2.75, 3.05) is 23.7 Å². The lowest BCUT2D eigenvalue weighted by Gasteiger charge is -2.36. The molecule has 0 saturated carbocycles. The average molecular weight is 311 g/mol. The SMILES string of the molecule is Cc1c(N2CCC(C(C)C)CC2)cc(N)cc1S(N)(=O)=O. The van der Waals surface area contributed by atoms with Crippen LogP contribution in [-0.4, -0.2) is 21.5 Å². The lowest BCUT2D eigenvalue weighted by molar-refractivity contribution is 0.311. The van der Waals surface area contributed by atoms with Gasteiger partial charge in [0.25, 0.3) is 0 Å². The Kier molecular flexibility index (Phi) is 4.49. The van der Waals surface area contributed by atoms with Gasteiger partial charge in [-0.1, -0.05) is 13.8 Å². The Morgan fingerprint density at radius 1 is 1.24 bits per heavy atom.